The normalized spacial score (nSPS) is 18.4. The Kier molecular flexibility index (Phi) is 5.79. The number of hydrogen-bond acceptors (Lipinski definition) is 9. The zero-order valence-corrected chi connectivity index (χ0v) is 17.1. The van der Waals surface area contributed by atoms with Crippen molar-refractivity contribution in [3.63, 3.8) is 0 Å². The van der Waals surface area contributed by atoms with Crippen LogP contribution in [0.4, 0.5) is 17.3 Å². The molecule has 0 aliphatic carbocycles. The average Bonchev–Trinajstić information content (AvgIpc) is 2.80. The van der Waals surface area contributed by atoms with Crippen LogP contribution in [0.1, 0.15) is 0 Å². The summed E-state index contributed by atoms with van der Waals surface area (Å²) < 4.78 is 32.0. The maximum atomic E-state index is 12.7. The van der Waals surface area contributed by atoms with Gasteiger partial charge < -0.3 is 14.5 Å². The Labute approximate surface area is 174 Å². The van der Waals surface area contributed by atoms with Crippen LogP contribution in [0.3, 0.4) is 0 Å². The molecule has 0 radical (unpaired) electrons. The number of anilines is 2. The average molecular weight is 434 g/mol. The number of aromatic nitrogens is 2. The number of ether oxygens (including phenoxy) is 1. The quantitative estimate of drug-likeness (QED) is 0.495. The minimum Gasteiger partial charge on any atom is -0.379 e. The lowest BCUT2D eigenvalue weighted by Gasteiger charge is -2.35. The Morgan fingerprint density at radius 3 is 2.30 bits per heavy atom. The molecule has 160 valence electrons. The van der Waals surface area contributed by atoms with Gasteiger partial charge in [0, 0.05) is 57.7 Å². The van der Waals surface area contributed by atoms with Gasteiger partial charge in [-0.15, -0.1) is 0 Å². The van der Waals surface area contributed by atoms with Gasteiger partial charge in [-0.3, -0.25) is 10.1 Å². The molecule has 2 aliphatic rings. The van der Waals surface area contributed by atoms with Crippen LogP contribution < -0.4 is 9.80 Å². The highest BCUT2D eigenvalue weighted by molar-refractivity contribution is 7.89. The van der Waals surface area contributed by atoms with Gasteiger partial charge in [-0.2, -0.15) is 4.31 Å². The molecule has 0 unspecified atom stereocenters. The first-order valence-corrected chi connectivity index (χ1v) is 11.0. The van der Waals surface area contributed by atoms with Crippen LogP contribution in [-0.4, -0.2) is 80.1 Å². The van der Waals surface area contributed by atoms with E-state index >= 15 is 0 Å². The van der Waals surface area contributed by atoms with E-state index < -0.39 is 14.9 Å². The maximum Gasteiger partial charge on any atom is 0.311 e. The molecule has 2 fully saturated rings. The van der Waals surface area contributed by atoms with Crippen LogP contribution in [0, 0.1) is 10.1 Å². The first-order chi connectivity index (χ1) is 14.5. The molecule has 2 aromatic rings. The van der Waals surface area contributed by atoms with E-state index in [4.69, 9.17) is 4.74 Å². The lowest BCUT2D eigenvalue weighted by molar-refractivity contribution is -0.384. The second-order valence-corrected chi connectivity index (χ2v) is 8.88. The van der Waals surface area contributed by atoms with E-state index in [1.807, 2.05) is 9.80 Å². The van der Waals surface area contributed by atoms with Crippen molar-refractivity contribution < 1.29 is 18.1 Å². The molecule has 0 spiro atoms. The number of hydrogen-bond donors (Lipinski definition) is 0. The van der Waals surface area contributed by atoms with Gasteiger partial charge in [0.1, 0.15) is 10.7 Å². The number of nitrogens with zero attached hydrogens (tertiary/aromatic N) is 6. The summed E-state index contributed by atoms with van der Waals surface area (Å²) in [5.41, 5.74) is -0.0123. The molecule has 2 aromatic heterocycles. The molecule has 0 N–H and O–H groups in total. The summed E-state index contributed by atoms with van der Waals surface area (Å²) in [7, 11) is -3.58. The summed E-state index contributed by atoms with van der Waals surface area (Å²) in [5, 5.41) is 11.2. The highest BCUT2D eigenvalue weighted by atomic mass is 32.2. The first-order valence-electron chi connectivity index (χ1n) is 9.60. The van der Waals surface area contributed by atoms with Crippen LogP contribution in [0.2, 0.25) is 0 Å². The van der Waals surface area contributed by atoms with Crippen LogP contribution in [0.25, 0.3) is 0 Å². The van der Waals surface area contributed by atoms with E-state index in [0.29, 0.717) is 64.1 Å². The van der Waals surface area contributed by atoms with Gasteiger partial charge in [0.25, 0.3) is 0 Å². The van der Waals surface area contributed by atoms with Gasteiger partial charge >= 0.3 is 5.69 Å². The third kappa shape index (κ3) is 4.06. The van der Waals surface area contributed by atoms with Gasteiger partial charge in [-0.25, -0.2) is 18.4 Å². The van der Waals surface area contributed by atoms with E-state index in [1.165, 1.54) is 16.6 Å². The maximum absolute atomic E-state index is 12.7. The van der Waals surface area contributed by atoms with Crippen LogP contribution >= 0.6 is 0 Å². The summed E-state index contributed by atoms with van der Waals surface area (Å²) in [5.74, 6) is 1.04. The minimum absolute atomic E-state index is 0.0123. The molecule has 11 nitrogen and oxygen atoms in total. The number of rotatable bonds is 5. The summed E-state index contributed by atoms with van der Waals surface area (Å²) >= 11 is 0. The summed E-state index contributed by atoms with van der Waals surface area (Å²) in [6.07, 6.45) is 2.93. The molecule has 12 heteroatoms. The second-order valence-electron chi connectivity index (χ2n) is 6.95. The zero-order valence-electron chi connectivity index (χ0n) is 16.3. The fourth-order valence-electron chi connectivity index (χ4n) is 3.57. The predicted octanol–water partition coefficient (Wildman–Crippen LogP) is 0.732. The molecule has 0 aromatic carbocycles. The third-order valence-corrected chi connectivity index (χ3v) is 7.08. The second kappa shape index (κ2) is 8.50. The topological polar surface area (TPSA) is 122 Å². The monoisotopic (exact) mass is 434 g/mol. The first kappa shape index (κ1) is 20.4. The zero-order chi connectivity index (χ0) is 21.1. The molecule has 4 rings (SSSR count). The fraction of sp³-hybridized carbons (Fsp3) is 0.444. The minimum atomic E-state index is -3.58. The van der Waals surface area contributed by atoms with E-state index in [-0.39, 0.29) is 10.6 Å². The predicted molar refractivity (Wildman–Crippen MR) is 109 cm³/mol. The number of piperazine rings is 1. The van der Waals surface area contributed by atoms with Gasteiger partial charge in [0.05, 0.1) is 18.1 Å². The molecule has 0 atom stereocenters. The van der Waals surface area contributed by atoms with Crippen molar-refractivity contribution in [2.75, 3.05) is 62.3 Å². The molecule has 0 amide bonds. The highest BCUT2D eigenvalue weighted by Crippen LogP contribution is 2.27. The SMILES string of the molecule is O=[N+]([O-])c1cccnc1N1CCN(c2ccc(S(=O)(=O)N3CCOCC3)cn2)CC1. The van der Waals surface area contributed by atoms with E-state index in [2.05, 4.69) is 9.97 Å². The Balaban J connectivity index is 1.43. The fourth-order valence-corrected chi connectivity index (χ4v) is 4.92. The summed E-state index contributed by atoms with van der Waals surface area (Å²) in [4.78, 5) is 23.4. The van der Waals surface area contributed by atoms with Gasteiger partial charge in [-0.05, 0) is 18.2 Å². The smallest absolute Gasteiger partial charge is 0.311 e. The highest BCUT2D eigenvalue weighted by Gasteiger charge is 2.28. The Morgan fingerprint density at radius 1 is 0.967 bits per heavy atom. The number of morpholine rings is 1. The molecule has 2 saturated heterocycles. The molecule has 0 bridgehead atoms. The van der Waals surface area contributed by atoms with Crippen LogP contribution in [0.5, 0.6) is 0 Å². The van der Waals surface area contributed by atoms with E-state index in [1.54, 1.807) is 24.4 Å². The Morgan fingerprint density at radius 2 is 1.67 bits per heavy atom. The molecular weight excluding hydrogens is 412 g/mol. The van der Waals surface area contributed by atoms with Crippen LogP contribution in [-0.2, 0) is 14.8 Å². The Bertz CT molecular complexity index is 1000. The van der Waals surface area contributed by atoms with Crippen molar-refractivity contribution in [3.8, 4) is 0 Å². The van der Waals surface area contributed by atoms with Gasteiger partial charge in [0.2, 0.25) is 15.8 Å². The molecule has 0 saturated carbocycles. The van der Waals surface area contributed by atoms with Crippen molar-refractivity contribution >= 4 is 27.3 Å². The number of sulfonamides is 1. The third-order valence-electron chi connectivity index (χ3n) is 5.19. The lowest BCUT2D eigenvalue weighted by Crippen LogP contribution is -2.47. The molecule has 2 aliphatic heterocycles. The van der Waals surface area contributed by atoms with E-state index in [0.717, 1.165) is 0 Å². The number of pyridine rings is 2. The molecule has 30 heavy (non-hydrogen) atoms. The van der Waals surface area contributed by atoms with Gasteiger partial charge in [0.15, 0.2) is 0 Å². The van der Waals surface area contributed by atoms with Gasteiger partial charge in [-0.1, -0.05) is 0 Å². The van der Waals surface area contributed by atoms with Crippen molar-refractivity contribution in [1.29, 1.82) is 0 Å². The summed E-state index contributed by atoms with van der Waals surface area (Å²) in [6.45, 7) is 3.75. The van der Waals surface area contributed by atoms with Crippen molar-refractivity contribution in [2.45, 2.75) is 4.90 Å². The van der Waals surface area contributed by atoms with E-state index in [9.17, 15) is 18.5 Å². The lowest BCUT2D eigenvalue weighted by atomic mass is 10.2. The standard InChI is InChI=1S/C18H22N6O5S/c25-24(26)16-2-1-5-19-18(16)22-8-6-21(7-9-22)17-4-3-15(14-20-17)30(27,28)23-10-12-29-13-11-23/h1-5,14H,6-13H2. The van der Waals surface area contributed by atoms with Crippen LogP contribution in [0.15, 0.2) is 41.6 Å². The largest absolute Gasteiger partial charge is 0.379 e. The van der Waals surface area contributed by atoms with Crippen molar-refractivity contribution in [2.24, 2.45) is 0 Å². The summed E-state index contributed by atoms with van der Waals surface area (Å²) in [6, 6.07) is 6.27. The van der Waals surface area contributed by atoms with Crippen molar-refractivity contribution in [1.82, 2.24) is 14.3 Å². The molecule has 4 heterocycles. The Hall–Kier alpha value is -2.83. The number of nitro groups is 1. The van der Waals surface area contributed by atoms with Crippen molar-refractivity contribution in [3.05, 3.63) is 46.8 Å². The molecular formula is C18H22N6O5S.